The molecular weight excluding hydrogens is 278 g/mol. The summed E-state index contributed by atoms with van der Waals surface area (Å²) in [5.74, 6) is -1.96. The third-order valence-electron chi connectivity index (χ3n) is 5.23. The van der Waals surface area contributed by atoms with Gasteiger partial charge in [0.05, 0.1) is 5.41 Å². The summed E-state index contributed by atoms with van der Waals surface area (Å²) in [5.41, 5.74) is -2.16. The lowest BCUT2D eigenvalue weighted by atomic mass is 9.84. The van der Waals surface area contributed by atoms with Gasteiger partial charge in [-0.3, -0.25) is 9.69 Å². The van der Waals surface area contributed by atoms with E-state index in [1.807, 2.05) is 0 Å². The Morgan fingerprint density at radius 3 is 2.90 bits per heavy atom. The van der Waals surface area contributed by atoms with E-state index in [4.69, 9.17) is 9.47 Å². The van der Waals surface area contributed by atoms with Gasteiger partial charge in [0.2, 0.25) is 0 Å². The van der Waals surface area contributed by atoms with Crippen molar-refractivity contribution in [3.05, 3.63) is 12.7 Å². The summed E-state index contributed by atoms with van der Waals surface area (Å²) in [6, 6.07) is 0. The molecule has 3 fully saturated rings. The van der Waals surface area contributed by atoms with Gasteiger partial charge in [0, 0.05) is 5.92 Å². The topological polar surface area (TPSA) is 93.1 Å². The van der Waals surface area contributed by atoms with E-state index >= 15 is 0 Å². The maximum absolute atomic E-state index is 12.2. The number of fused-ring (bicyclic) bond motifs is 2. The molecule has 1 amide bonds. The first kappa shape index (κ1) is 13.9. The van der Waals surface area contributed by atoms with E-state index in [1.165, 1.54) is 11.0 Å². The van der Waals surface area contributed by atoms with Crippen LogP contribution in [0.3, 0.4) is 0 Å². The van der Waals surface area contributed by atoms with Crippen molar-refractivity contribution in [3.63, 3.8) is 0 Å². The lowest BCUT2D eigenvalue weighted by Crippen LogP contribution is -2.53. The lowest BCUT2D eigenvalue weighted by molar-refractivity contribution is -0.147. The first-order chi connectivity index (χ1) is 9.90. The molecule has 21 heavy (non-hydrogen) atoms. The zero-order valence-corrected chi connectivity index (χ0v) is 11.7. The molecule has 4 unspecified atom stereocenters. The Labute approximate surface area is 121 Å². The molecule has 3 rings (SSSR count). The van der Waals surface area contributed by atoms with Crippen LogP contribution >= 0.6 is 0 Å². The average Bonchev–Trinajstić information content (AvgIpc) is 2.76. The second kappa shape index (κ2) is 4.22. The van der Waals surface area contributed by atoms with E-state index in [9.17, 15) is 19.5 Å². The van der Waals surface area contributed by atoms with Gasteiger partial charge in [-0.05, 0) is 25.7 Å². The first-order valence-electron chi connectivity index (χ1n) is 6.86. The summed E-state index contributed by atoms with van der Waals surface area (Å²) in [4.78, 5) is 37.1. The van der Waals surface area contributed by atoms with Crippen molar-refractivity contribution in [1.29, 1.82) is 0 Å². The molecule has 2 aliphatic carbocycles. The fourth-order valence-electron chi connectivity index (χ4n) is 4.15. The molecule has 7 nitrogen and oxygen atoms in total. The number of carbonyl (C=O) groups excluding carboxylic acids is 2. The monoisotopic (exact) mass is 295 g/mol. The van der Waals surface area contributed by atoms with Crippen molar-refractivity contribution in [2.24, 2.45) is 17.3 Å². The third-order valence-corrected chi connectivity index (χ3v) is 5.23. The van der Waals surface area contributed by atoms with E-state index in [1.54, 1.807) is 6.92 Å². The van der Waals surface area contributed by atoms with Crippen molar-refractivity contribution in [2.75, 3.05) is 13.3 Å². The summed E-state index contributed by atoms with van der Waals surface area (Å²) in [6.07, 6.45) is 1.78. The van der Waals surface area contributed by atoms with Crippen LogP contribution in [0.1, 0.15) is 19.8 Å². The van der Waals surface area contributed by atoms with Crippen molar-refractivity contribution >= 4 is 18.0 Å². The Kier molecular flexibility index (Phi) is 2.80. The van der Waals surface area contributed by atoms with Gasteiger partial charge in [0.15, 0.2) is 12.3 Å². The van der Waals surface area contributed by atoms with Gasteiger partial charge in [0.25, 0.3) is 0 Å². The smallest absolute Gasteiger partial charge is 0.413 e. The normalized spacial score (nSPS) is 39.9. The SMILES string of the molecule is C=CCOC(=O)N1COC(=O)C12CCC1C2C1(C)C(=O)O. The summed E-state index contributed by atoms with van der Waals surface area (Å²) in [7, 11) is 0. The predicted molar refractivity (Wildman–Crippen MR) is 69.0 cm³/mol. The number of esters is 1. The molecule has 0 bridgehead atoms. The molecule has 7 heteroatoms. The molecule has 4 atom stereocenters. The molecule has 1 spiro atoms. The molecule has 1 saturated heterocycles. The minimum atomic E-state index is -1.18. The second-order valence-corrected chi connectivity index (χ2v) is 5.99. The van der Waals surface area contributed by atoms with Crippen LogP contribution in [0.5, 0.6) is 0 Å². The van der Waals surface area contributed by atoms with Crippen LogP contribution in [0.2, 0.25) is 0 Å². The highest BCUT2D eigenvalue weighted by molar-refractivity contribution is 5.93. The van der Waals surface area contributed by atoms with E-state index < -0.39 is 34.9 Å². The van der Waals surface area contributed by atoms with Crippen LogP contribution in [0.25, 0.3) is 0 Å². The number of nitrogens with zero attached hydrogens (tertiary/aromatic N) is 1. The number of rotatable bonds is 3. The van der Waals surface area contributed by atoms with Gasteiger partial charge in [0.1, 0.15) is 6.61 Å². The number of carboxylic acids is 1. The minimum absolute atomic E-state index is 0.0316. The average molecular weight is 295 g/mol. The van der Waals surface area contributed by atoms with Gasteiger partial charge in [-0.1, -0.05) is 12.7 Å². The maximum Gasteiger partial charge on any atom is 0.413 e. The number of amides is 1. The minimum Gasteiger partial charge on any atom is -0.481 e. The summed E-state index contributed by atoms with van der Waals surface area (Å²) < 4.78 is 10.0. The summed E-state index contributed by atoms with van der Waals surface area (Å²) in [6.45, 7) is 4.94. The number of carbonyl (C=O) groups is 3. The number of ether oxygens (including phenoxy) is 2. The largest absolute Gasteiger partial charge is 0.481 e. The highest BCUT2D eigenvalue weighted by Gasteiger charge is 2.82. The Hall–Kier alpha value is -2.05. The van der Waals surface area contributed by atoms with Crippen LogP contribution in [0.4, 0.5) is 4.79 Å². The number of hydrogen-bond donors (Lipinski definition) is 1. The highest BCUT2D eigenvalue weighted by atomic mass is 16.6. The Balaban J connectivity index is 1.91. The molecule has 0 aromatic carbocycles. The molecule has 0 aromatic rings. The molecule has 0 radical (unpaired) electrons. The van der Waals surface area contributed by atoms with Crippen LogP contribution in [-0.2, 0) is 19.1 Å². The number of cyclic esters (lactones) is 1. The van der Waals surface area contributed by atoms with Gasteiger partial charge in [-0.25, -0.2) is 9.59 Å². The van der Waals surface area contributed by atoms with Crippen molar-refractivity contribution in [2.45, 2.75) is 25.3 Å². The Morgan fingerprint density at radius 2 is 2.33 bits per heavy atom. The van der Waals surface area contributed by atoms with Gasteiger partial charge >= 0.3 is 18.0 Å². The summed E-state index contributed by atoms with van der Waals surface area (Å²) in [5, 5.41) is 9.41. The zero-order chi connectivity index (χ0) is 15.4. The third kappa shape index (κ3) is 1.51. The van der Waals surface area contributed by atoms with Crippen molar-refractivity contribution < 1.29 is 29.0 Å². The van der Waals surface area contributed by atoms with Crippen LogP contribution in [-0.4, -0.2) is 46.9 Å². The van der Waals surface area contributed by atoms with E-state index in [-0.39, 0.29) is 19.3 Å². The van der Waals surface area contributed by atoms with Crippen LogP contribution in [0, 0.1) is 17.3 Å². The highest BCUT2D eigenvalue weighted by Crippen LogP contribution is 2.73. The first-order valence-corrected chi connectivity index (χ1v) is 6.86. The Bertz CT molecular complexity index is 546. The van der Waals surface area contributed by atoms with Crippen molar-refractivity contribution in [3.8, 4) is 0 Å². The molecule has 2 saturated carbocycles. The molecule has 3 aliphatic rings. The predicted octanol–water partition coefficient (Wildman–Crippen LogP) is 0.995. The molecule has 1 aliphatic heterocycles. The van der Waals surface area contributed by atoms with E-state index in [0.29, 0.717) is 12.8 Å². The van der Waals surface area contributed by atoms with E-state index in [0.717, 1.165) is 0 Å². The molecule has 1 N–H and O–H groups in total. The molecule has 0 aromatic heterocycles. The standard InChI is InChI=1S/C14H17NO6/c1-3-6-20-12(19)15-7-21-11(18)14(15)5-4-8-9(14)13(8,2)10(16)17/h3,8-9H,1,4-7H2,2H3,(H,16,17). The zero-order valence-electron chi connectivity index (χ0n) is 11.7. The van der Waals surface area contributed by atoms with E-state index in [2.05, 4.69) is 6.58 Å². The molecular formula is C14H17NO6. The quantitative estimate of drug-likeness (QED) is 0.616. The molecule has 1 heterocycles. The number of aliphatic carboxylic acids is 1. The second-order valence-electron chi connectivity index (χ2n) is 5.99. The maximum atomic E-state index is 12.2. The fraction of sp³-hybridized carbons (Fsp3) is 0.643. The Morgan fingerprint density at radius 1 is 1.62 bits per heavy atom. The van der Waals surface area contributed by atoms with Gasteiger partial charge < -0.3 is 14.6 Å². The lowest BCUT2D eigenvalue weighted by Gasteiger charge is -2.32. The molecule has 114 valence electrons. The van der Waals surface area contributed by atoms with Gasteiger partial charge in [-0.2, -0.15) is 0 Å². The number of hydrogen-bond acceptors (Lipinski definition) is 5. The van der Waals surface area contributed by atoms with Crippen molar-refractivity contribution in [1.82, 2.24) is 4.90 Å². The van der Waals surface area contributed by atoms with Gasteiger partial charge in [-0.15, -0.1) is 0 Å². The van der Waals surface area contributed by atoms with Crippen LogP contribution < -0.4 is 0 Å². The van der Waals surface area contributed by atoms with Crippen LogP contribution in [0.15, 0.2) is 12.7 Å². The number of carboxylic acid groups (broad SMARTS) is 1. The fourth-order valence-corrected chi connectivity index (χ4v) is 4.15. The summed E-state index contributed by atoms with van der Waals surface area (Å²) >= 11 is 0.